The predicted octanol–water partition coefficient (Wildman–Crippen LogP) is 1.43. The number of urea groups is 1. The summed E-state index contributed by atoms with van der Waals surface area (Å²) in [5.41, 5.74) is -0.430. The molecule has 23 heavy (non-hydrogen) atoms. The fraction of sp³-hybridized carbons (Fsp3) is 0.375. The Morgan fingerprint density at radius 2 is 2.09 bits per heavy atom. The van der Waals surface area contributed by atoms with Crippen molar-refractivity contribution in [1.82, 2.24) is 10.6 Å². The number of carbonyl (C=O) groups excluding carboxylic acids is 2. The number of hydrogen-bond donors (Lipinski definition) is 4. The SMILES string of the molecule is C=CCSCCNC(=O)NCCC1(O)C(=O)Nc2ccccc21. The summed E-state index contributed by atoms with van der Waals surface area (Å²) in [4.78, 5) is 23.6. The van der Waals surface area contributed by atoms with Crippen LogP contribution in [0.3, 0.4) is 0 Å². The summed E-state index contributed by atoms with van der Waals surface area (Å²) >= 11 is 1.68. The number of amides is 3. The van der Waals surface area contributed by atoms with Crippen LogP contribution in [-0.4, -0.2) is 41.6 Å². The van der Waals surface area contributed by atoms with Crippen molar-refractivity contribution >= 4 is 29.4 Å². The van der Waals surface area contributed by atoms with Crippen LogP contribution in [0.15, 0.2) is 36.9 Å². The molecule has 2 rings (SSSR count). The Bertz CT molecular complexity index is 594. The zero-order valence-electron chi connectivity index (χ0n) is 12.8. The van der Waals surface area contributed by atoms with Crippen LogP contribution in [0.1, 0.15) is 12.0 Å². The number of para-hydroxylation sites is 1. The van der Waals surface area contributed by atoms with E-state index in [1.54, 1.807) is 36.0 Å². The van der Waals surface area contributed by atoms with Gasteiger partial charge in [0.1, 0.15) is 0 Å². The second kappa shape index (κ2) is 8.03. The van der Waals surface area contributed by atoms with E-state index in [1.807, 2.05) is 6.08 Å². The largest absolute Gasteiger partial charge is 0.375 e. The van der Waals surface area contributed by atoms with Crippen LogP contribution in [0, 0.1) is 0 Å². The fourth-order valence-corrected chi connectivity index (χ4v) is 2.95. The van der Waals surface area contributed by atoms with E-state index < -0.39 is 11.5 Å². The number of fused-ring (bicyclic) bond motifs is 1. The maximum absolute atomic E-state index is 12.0. The average Bonchev–Trinajstić information content (AvgIpc) is 2.79. The maximum Gasteiger partial charge on any atom is 0.314 e. The van der Waals surface area contributed by atoms with Crippen LogP contribution in [-0.2, 0) is 10.4 Å². The molecule has 0 radical (unpaired) electrons. The third kappa shape index (κ3) is 4.27. The molecule has 1 aromatic carbocycles. The summed E-state index contributed by atoms with van der Waals surface area (Å²) in [6.07, 6.45) is 1.93. The Hall–Kier alpha value is -1.99. The highest BCUT2D eigenvalue weighted by Gasteiger charge is 2.44. The number of benzene rings is 1. The van der Waals surface area contributed by atoms with E-state index in [0.29, 0.717) is 17.8 Å². The van der Waals surface area contributed by atoms with Gasteiger partial charge in [-0.05, 0) is 6.07 Å². The lowest BCUT2D eigenvalue weighted by molar-refractivity contribution is -0.134. The molecule has 1 atom stereocenters. The van der Waals surface area contributed by atoms with Gasteiger partial charge in [0.25, 0.3) is 5.91 Å². The number of anilines is 1. The molecule has 0 aliphatic carbocycles. The molecule has 7 heteroatoms. The Morgan fingerprint density at radius 3 is 2.87 bits per heavy atom. The molecular formula is C16H21N3O3S. The van der Waals surface area contributed by atoms with Gasteiger partial charge in [0.15, 0.2) is 5.60 Å². The Labute approximate surface area is 139 Å². The van der Waals surface area contributed by atoms with E-state index in [1.165, 1.54) is 0 Å². The Kier molecular flexibility index (Phi) is 6.06. The van der Waals surface area contributed by atoms with E-state index in [9.17, 15) is 14.7 Å². The molecule has 1 aliphatic heterocycles. The monoisotopic (exact) mass is 335 g/mol. The van der Waals surface area contributed by atoms with Gasteiger partial charge in [-0.1, -0.05) is 24.3 Å². The topological polar surface area (TPSA) is 90.5 Å². The molecule has 4 N–H and O–H groups in total. The molecule has 0 spiro atoms. The van der Waals surface area contributed by atoms with Crippen molar-refractivity contribution in [3.05, 3.63) is 42.5 Å². The van der Waals surface area contributed by atoms with E-state index in [4.69, 9.17) is 0 Å². The minimum Gasteiger partial charge on any atom is -0.375 e. The van der Waals surface area contributed by atoms with Crippen molar-refractivity contribution in [3.8, 4) is 0 Å². The van der Waals surface area contributed by atoms with Crippen molar-refractivity contribution in [2.75, 3.05) is 29.9 Å². The molecule has 6 nitrogen and oxygen atoms in total. The molecule has 0 saturated carbocycles. The maximum atomic E-state index is 12.0. The summed E-state index contributed by atoms with van der Waals surface area (Å²) < 4.78 is 0. The average molecular weight is 335 g/mol. The fourth-order valence-electron chi connectivity index (χ4n) is 2.37. The van der Waals surface area contributed by atoms with Crippen LogP contribution in [0.4, 0.5) is 10.5 Å². The zero-order chi connectivity index (χ0) is 16.7. The van der Waals surface area contributed by atoms with Gasteiger partial charge >= 0.3 is 6.03 Å². The molecule has 3 amide bonds. The molecule has 1 unspecified atom stereocenters. The number of carbonyl (C=O) groups is 2. The number of thioether (sulfide) groups is 1. The van der Waals surface area contributed by atoms with Crippen LogP contribution in [0.2, 0.25) is 0 Å². The Morgan fingerprint density at radius 1 is 1.35 bits per heavy atom. The van der Waals surface area contributed by atoms with Gasteiger partial charge in [0.05, 0.1) is 0 Å². The summed E-state index contributed by atoms with van der Waals surface area (Å²) in [5.74, 6) is 1.20. The second-order valence-electron chi connectivity index (χ2n) is 5.16. The van der Waals surface area contributed by atoms with Crippen molar-refractivity contribution in [2.24, 2.45) is 0 Å². The predicted molar refractivity (Wildman–Crippen MR) is 92.5 cm³/mol. The van der Waals surface area contributed by atoms with Crippen molar-refractivity contribution < 1.29 is 14.7 Å². The molecule has 0 fully saturated rings. The molecule has 124 valence electrons. The van der Waals surface area contributed by atoms with Crippen molar-refractivity contribution in [1.29, 1.82) is 0 Å². The van der Waals surface area contributed by atoms with E-state index in [-0.39, 0.29) is 19.0 Å². The standard InChI is InChI=1S/C16H21N3O3S/c1-2-10-23-11-9-18-15(21)17-8-7-16(22)12-5-3-4-6-13(12)19-14(16)20/h2-6,22H,1,7-11H2,(H,19,20)(H2,17,18,21). The van der Waals surface area contributed by atoms with Gasteiger partial charge in [0, 0.05) is 42.3 Å². The summed E-state index contributed by atoms with van der Waals surface area (Å²) in [5, 5.41) is 18.6. The first-order chi connectivity index (χ1) is 11.1. The number of hydrogen-bond acceptors (Lipinski definition) is 4. The first-order valence-corrected chi connectivity index (χ1v) is 8.57. The van der Waals surface area contributed by atoms with Gasteiger partial charge < -0.3 is 21.1 Å². The molecular weight excluding hydrogens is 314 g/mol. The molecule has 0 aromatic heterocycles. The summed E-state index contributed by atoms with van der Waals surface area (Å²) in [6, 6.07) is 6.71. The molecule has 1 aliphatic rings. The van der Waals surface area contributed by atoms with Crippen molar-refractivity contribution in [2.45, 2.75) is 12.0 Å². The minimum atomic E-state index is -1.59. The Balaban J connectivity index is 1.76. The molecule has 1 heterocycles. The lowest BCUT2D eigenvalue weighted by atomic mass is 9.92. The van der Waals surface area contributed by atoms with Crippen LogP contribution in [0.25, 0.3) is 0 Å². The smallest absolute Gasteiger partial charge is 0.314 e. The third-order valence-electron chi connectivity index (χ3n) is 3.54. The van der Waals surface area contributed by atoms with Gasteiger partial charge in [-0.3, -0.25) is 4.79 Å². The van der Waals surface area contributed by atoms with Gasteiger partial charge in [0.2, 0.25) is 0 Å². The highest BCUT2D eigenvalue weighted by atomic mass is 32.2. The third-order valence-corrected chi connectivity index (χ3v) is 4.50. The lowest BCUT2D eigenvalue weighted by Gasteiger charge is -2.21. The minimum absolute atomic E-state index is 0.120. The highest BCUT2D eigenvalue weighted by Crippen LogP contribution is 2.37. The highest BCUT2D eigenvalue weighted by molar-refractivity contribution is 7.99. The zero-order valence-corrected chi connectivity index (χ0v) is 13.6. The summed E-state index contributed by atoms with van der Waals surface area (Å²) in [6.45, 7) is 4.38. The normalized spacial score (nSPS) is 18.9. The van der Waals surface area contributed by atoms with Crippen LogP contribution < -0.4 is 16.0 Å². The van der Waals surface area contributed by atoms with E-state index >= 15 is 0 Å². The quantitative estimate of drug-likeness (QED) is 0.427. The molecule has 0 bridgehead atoms. The van der Waals surface area contributed by atoms with Gasteiger partial charge in [-0.2, -0.15) is 11.8 Å². The van der Waals surface area contributed by atoms with E-state index in [2.05, 4.69) is 22.5 Å². The van der Waals surface area contributed by atoms with E-state index in [0.717, 1.165) is 11.5 Å². The molecule has 1 aromatic rings. The lowest BCUT2D eigenvalue weighted by Crippen LogP contribution is -2.42. The number of aliphatic hydroxyl groups is 1. The van der Waals surface area contributed by atoms with Gasteiger partial charge in [-0.25, -0.2) is 4.79 Å². The van der Waals surface area contributed by atoms with Crippen LogP contribution in [0.5, 0.6) is 0 Å². The van der Waals surface area contributed by atoms with Crippen molar-refractivity contribution in [3.63, 3.8) is 0 Å². The first kappa shape index (κ1) is 17.4. The number of rotatable bonds is 8. The number of nitrogens with one attached hydrogen (secondary N) is 3. The van der Waals surface area contributed by atoms with Gasteiger partial charge in [-0.15, -0.1) is 6.58 Å². The van der Waals surface area contributed by atoms with Crippen LogP contribution >= 0.6 is 11.8 Å². The summed E-state index contributed by atoms with van der Waals surface area (Å²) in [7, 11) is 0. The molecule has 0 saturated heterocycles. The first-order valence-electron chi connectivity index (χ1n) is 7.41. The second-order valence-corrected chi connectivity index (χ2v) is 6.31.